The van der Waals surface area contributed by atoms with Crippen LogP contribution in [0.2, 0.25) is 0 Å². The fraction of sp³-hybridized carbons (Fsp3) is 0.308. The number of hydrogen-bond acceptors (Lipinski definition) is 5. The van der Waals surface area contributed by atoms with Gasteiger partial charge in [-0.25, -0.2) is 0 Å². The lowest BCUT2D eigenvalue weighted by Gasteiger charge is -2.04. The van der Waals surface area contributed by atoms with E-state index in [0.717, 1.165) is 0 Å². The molecule has 2 aromatic rings. The van der Waals surface area contributed by atoms with Crippen LogP contribution in [0.25, 0.3) is 0 Å². The number of fused-ring (bicyclic) bond motifs is 1. The van der Waals surface area contributed by atoms with Crippen LogP contribution >= 0.6 is 11.3 Å². The van der Waals surface area contributed by atoms with Crippen LogP contribution in [-0.2, 0) is 19.4 Å². The van der Waals surface area contributed by atoms with Gasteiger partial charge in [-0.05, 0) is 37.0 Å². The molecular formula is C13H13N3O2S. The van der Waals surface area contributed by atoms with Crippen LogP contribution in [0, 0.1) is 10.1 Å². The second-order valence-corrected chi connectivity index (χ2v) is 5.74. The fourth-order valence-electron chi connectivity index (χ4n) is 2.34. The standard InChI is InChI=1S/C13H13N3O2S/c17-16(18)12-8-14-5-4-11(12)15-7-10-6-9-2-1-3-13(9)19-10/h4-6,8H,1-3,7H2,(H,14,15). The van der Waals surface area contributed by atoms with Gasteiger partial charge in [0.1, 0.15) is 11.9 Å². The summed E-state index contributed by atoms with van der Waals surface area (Å²) in [5.41, 5.74) is 1.99. The molecule has 0 aliphatic heterocycles. The lowest BCUT2D eigenvalue weighted by molar-refractivity contribution is -0.384. The molecule has 0 amide bonds. The molecule has 5 nitrogen and oxygen atoms in total. The molecule has 1 aliphatic carbocycles. The predicted molar refractivity (Wildman–Crippen MR) is 74.6 cm³/mol. The van der Waals surface area contributed by atoms with Crippen molar-refractivity contribution in [2.24, 2.45) is 0 Å². The normalized spacial score (nSPS) is 13.3. The van der Waals surface area contributed by atoms with Gasteiger partial charge in [-0.1, -0.05) is 0 Å². The molecule has 0 bridgehead atoms. The lowest BCUT2D eigenvalue weighted by Crippen LogP contribution is -2.01. The first-order chi connectivity index (χ1) is 9.24. The molecule has 2 heterocycles. The van der Waals surface area contributed by atoms with Crippen molar-refractivity contribution in [2.45, 2.75) is 25.8 Å². The van der Waals surface area contributed by atoms with Crippen LogP contribution in [0.5, 0.6) is 0 Å². The molecule has 0 spiro atoms. The van der Waals surface area contributed by atoms with Gasteiger partial charge in [0.05, 0.1) is 4.92 Å². The minimum absolute atomic E-state index is 0.0200. The van der Waals surface area contributed by atoms with Gasteiger partial charge in [-0.2, -0.15) is 0 Å². The molecule has 0 aromatic carbocycles. The first kappa shape index (κ1) is 12.1. The van der Waals surface area contributed by atoms with E-state index in [-0.39, 0.29) is 5.69 Å². The van der Waals surface area contributed by atoms with Crippen LogP contribution in [0.15, 0.2) is 24.5 Å². The van der Waals surface area contributed by atoms with Crippen molar-refractivity contribution in [1.82, 2.24) is 4.98 Å². The summed E-state index contributed by atoms with van der Waals surface area (Å²) in [6.45, 7) is 0.628. The zero-order chi connectivity index (χ0) is 13.2. The van der Waals surface area contributed by atoms with E-state index < -0.39 is 4.92 Å². The minimum Gasteiger partial charge on any atom is -0.375 e. The maximum Gasteiger partial charge on any atom is 0.310 e. The van der Waals surface area contributed by atoms with E-state index in [2.05, 4.69) is 16.4 Å². The molecule has 0 atom stereocenters. The van der Waals surface area contributed by atoms with Crippen molar-refractivity contribution in [1.29, 1.82) is 0 Å². The number of hydrogen-bond donors (Lipinski definition) is 1. The number of rotatable bonds is 4. The molecule has 2 aromatic heterocycles. The Morgan fingerprint density at radius 3 is 3.16 bits per heavy atom. The number of aromatic nitrogens is 1. The molecule has 0 radical (unpaired) electrons. The van der Waals surface area contributed by atoms with E-state index in [1.807, 2.05) is 11.3 Å². The van der Waals surface area contributed by atoms with Gasteiger partial charge < -0.3 is 5.32 Å². The van der Waals surface area contributed by atoms with Crippen LogP contribution in [0.4, 0.5) is 11.4 Å². The smallest absolute Gasteiger partial charge is 0.310 e. The number of pyridine rings is 1. The van der Waals surface area contributed by atoms with Crippen molar-refractivity contribution in [3.8, 4) is 0 Å². The molecule has 6 heteroatoms. The van der Waals surface area contributed by atoms with Gasteiger partial charge in [-0.3, -0.25) is 15.1 Å². The van der Waals surface area contributed by atoms with Gasteiger partial charge in [0, 0.05) is 22.5 Å². The van der Waals surface area contributed by atoms with E-state index in [1.165, 1.54) is 40.8 Å². The number of nitrogens with one attached hydrogen (secondary N) is 1. The summed E-state index contributed by atoms with van der Waals surface area (Å²) in [7, 11) is 0. The SMILES string of the molecule is O=[N+]([O-])c1cnccc1NCc1cc2c(s1)CCC2. The van der Waals surface area contributed by atoms with E-state index in [0.29, 0.717) is 12.2 Å². The van der Waals surface area contributed by atoms with Crippen LogP contribution in [-0.4, -0.2) is 9.91 Å². The van der Waals surface area contributed by atoms with Crippen molar-refractivity contribution in [3.63, 3.8) is 0 Å². The van der Waals surface area contributed by atoms with E-state index in [4.69, 9.17) is 0 Å². The first-order valence-electron chi connectivity index (χ1n) is 6.17. The van der Waals surface area contributed by atoms with Gasteiger partial charge in [0.25, 0.3) is 0 Å². The summed E-state index contributed by atoms with van der Waals surface area (Å²) in [6, 6.07) is 3.85. The van der Waals surface area contributed by atoms with Crippen molar-refractivity contribution in [3.05, 3.63) is 50.0 Å². The molecule has 0 saturated heterocycles. The van der Waals surface area contributed by atoms with E-state index >= 15 is 0 Å². The van der Waals surface area contributed by atoms with Crippen LogP contribution in [0.1, 0.15) is 21.7 Å². The third-order valence-electron chi connectivity index (χ3n) is 3.25. The first-order valence-corrected chi connectivity index (χ1v) is 6.98. The summed E-state index contributed by atoms with van der Waals surface area (Å²) < 4.78 is 0. The maximum absolute atomic E-state index is 10.9. The van der Waals surface area contributed by atoms with Crippen LogP contribution in [0.3, 0.4) is 0 Å². The monoisotopic (exact) mass is 275 g/mol. The zero-order valence-electron chi connectivity index (χ0n) is 10.3. The van der Waals surface area contributed by atoms with Gasteiger partial charge >= 0.3 is 5.69 Å². The number of thiophene rings is 1. The fourth-order valence-corrected chi connectivity index (χ4v) is 3.54. The van der Waals surface area contributed by atoms with Gasteiger partial charge in [0.2, 0.25) is 0 Å². The Bertz CT molecular complexity index is 603. The highest BCUT2D eigenvalue weighted by Crippen LogP contribution is 2.31. The minimum atomic E-state index is -0.413. The molecule has 3 rings (SSSR count). The Kier molecular flexibility index (Phi) is 3.16. The molecule has 1 N–H and O–H groups in total. The number of anilines is 1. The highest BCUT2D eigenvalue weighted by Gasteiger charge is 2.16. The largest absolute Gasteiger partial charge is 0.375 e. The average Bonchev–Trinajstić information content (AvgIpc) is 2.97. The Balaban J connectivity index is 1.73. The van der Waals surface area contributed by atoms with E-state index in [9.17, 15) is 10.1 Å². The molecule has 98 valence electrons. The summed E-state index contributed by atoms with van der Waals surface area (Å²) >= 11 is 1.81. The highest BCUT2D eigenvalue weighted by atomic mass is 32.1. The molecule has 0 saturated carbocycles. The Hall–Kier alpha value is -1.95. The summed E-state index contributed by atoms with van der Waals surface area (Å²) in [6.07, 6.45) is 6.43. The molecular weight excluding hydrogens is 262 g/mol. The number of aryl methyl sites for hydroxylation is 2. The van der Waals surface area contributed by atoms with Crippen molar-refractivity contribution < 1.29 is 4.92 Å². The quantitative estimate of drug-likeness (QED) is 0.687. The third-order valence-corrected chi connectivity index (χ3v) is 4.48. The van der Waals surface area contributed by atoms with Gasteiger partial charge in [0.15, 0.2) is 0 Å². The van der Waals surface area contributed by atoms with Gasteiger partial charge in [-0.15, -0.1) is 11.3 Å². The number of nitrogens with zero attached hydrogens (tertiary/aromatic N) is 2. The molecule has 19 heavy (non-hydrogen) atoms. The predicted octanol–water partition coefficient (Wildman–Crippen LogP) is 3.15. The molecule has 0 unspecified atom stereocenters. The number of nitro groups is 1. The summed E-state index contributed by atoms with van der Waals surface area (Å²) in [5.74, 6) is 0. The average molecular weight is 275 g/mol. The van der Waals surface area contributed by atoms with E-state index in [1.54, 1.807) is 12.3 Å². The third kappa shape index (κ3) is 2.44. The summed E-state index contributed by atoms with van der Waals surface area (Å²) in [5, 5.41) is 14.0. The highest BCUT2D eigenvalue weighted by molar-refractivity contribution is 7.12. The second kappa shape index (κ2) is 4.97. The molecule has 0 fully saturated rings. The maximum atomic E-state index is 10.9. The zero-order valence-corrected chi connectivity index (χ0v) is 11.1. The topological polar surface area (TPSA) is 68.1 Å². The van der Waals surface area contributed by atoms with Crippen molar-refractivity contribution in [2.75, 3.05) is 5.32 Å². The lowest BCUT2D eigenvalue weighted by atomic mass is 10.2. The Labute approximate surface area is 114 Å². The van der Waals surface area contributed by atoms with Crippen LogP contribution < -0.4 is 5.32 Å². The molecule has 1 aliphatic rings. The summed E-state index contributed by atoms with van der Waals surface area (Å²) in [4.78, 5) is 17.0. The van der Waals surface area contributed by atoms with Crippen molar-refractivity contribution >= 4 is 22.7 Å². The second-order valence-electron chi connectivity index (χ2n) is 4.52. The Morgan fingerprint density at radius 2 is 2.37 bits per heavy atom. The Morgan fingerprint density at radius 1 is 1.47 bits per heavy atom.